The molecule has 1 aliphatic carbocycles. The second kappa shape index (κ2) is 20.3. The van der Waals surface area contributed by atoms with Gasteiger partial charge in [0.25, 0.3) is 0 Å². The van der Waals surface area contributed by atoms with Gasteiger partial charge in [-0.15, -0.1) is 11.3 Å². The van der Waals surface area contributed by atoms with Crippen LogP contribution in [0.3, 0.4) is 0 Å². The zero-order chi connectivity index (χ0) is 42.7. The van der Waals surface area contributed by atoms with Gasteiger partial charge < -0.3 is 24.7 Å². The molecule has 3 fully saturated rings. The number of hydrogen-bond acceptors (Lipinski definition) is 9. The van der Waals surface area contributed by atoms with Crippen LogP contribution in [0.5, 0.6) is 11.5 Å². The number of hydrogen-bond donors (Lipinski definition) is 2. The molecule has 6 rings (SSSR count). The number of carbonyl (C=O) groups excluding carboxylic acids is 2. The smallest absolute Gasteiger partial charge is 0.425 e. The number of carboxylic acid groups (broad SMARTS) is 1. The van der Waals surface area contributed by atoms with Crippen molar-refractivity contribution in [1.82, 2.24) is 14.8 Å². The lowest BCUT2D eigenvalue weighted by atomic mass is 9.73. The molecular formula is C41H48F6N4O6S. The van der Waals surface area contributed by atoms with E-state index in [0.29, 0.717) is 68.8 Å². The van der Waals surface area contributed by atoms with Gasteiger partial charge in [0.05, 0.1) is 35.5 Å². The highest BCUT2D eigenvalue weighted by Crippen LogP contribution is 2.42. The summed E-state index contributed by atoms with van der Waals surface area (Å²) in [5, 5.41) is 29.2. The van der Waals surface area contributed by atoms with E-state index in [4.69, 9.17) is 9.84 Å². The molecule has 4 atom stereocenters. The van der Waals surface area contributed by atoms with Crippen molar-refractivity contribution >= 4 is 29.5 Å². The molecular weight excluding hydrogens is 791 g/mol. The van der Waals surface area contributed by atoms with Crippen molar-refractivity contribution in [3.63, 3.8) is 0 Å². The summed E-state index contributed by atoms with van der Waals surface area (Å²) >= 11 is 0.481. The Hall–Kier alpha value is -4.69. The summed E-state index contributed by atoms with van der Waals surface area (Å²) in [5.41, 5.74) is -1.36. The number of carbonyl (C=O) groups is 3. The maximum Gasteiger partial charge on any atom is 0.425 e. The SMILES string of the molecule is CCCC1C(C(=O)N2CCC(C#N)(c3ccccc3OCC3CCC(C(=O)O)C3)CC2)CCCN1C.O=Cc1ncccc1C(F)(F)F.Oc1csc(C(F)(F)F)c1. The van der Waals surface area contributed by atoms with Crippen LogP contribution in [0.2, 0.25) is 0 Å². The fourth-order valence-corrected chi connectivity index (χ4v) is 8.53. The van der Waals surface area contributed by atoms with Gasteiger partial charge in [0.2, 0.25) is 5.91 Å². The number of aromatic nitrogens is 1. The van der Waals surface area contributed by atoms with Gasteiger partial charge in [-0.2, -0.15) is 31.6 Å². The summed E-state index contributed by atoms with van der Waals surface area (Å²) in [5.74, 6) is -0.0843. The van der Waals surface area contributed by atoms with Crippen LogP contribution in [-0.4, -0.2) is 82.5 Å². The number of likely N-dealkylation sites (tertiary alicyclic amines) is 2. The predicted molar refractivity (Wildman–Crippen MR) is 203 cm³/mol. The van der Waals surface area contributed by atoms with E-state index in [0.717, 1.165) is 73.7 Å². The predicted octanol–water partition coefficient (Wildman–Crippen LogP) is 8.85. The molecule has 4 unspecified atom stereocenters. The van der Waals surface area contributed by atoms with Crippen LogP contribution >= 0.6 is 11.3 Å². The Bertz CT molecular complexity index is 1870. The molecule has 1 amide bonds. The van der Waals surface area contributed by atoms with Gasteiger partial charge >= 0.3 is 18.3 Å². The Labute approximate surface area is 337 Å². The summed E-state index contributed by atoms with van der Waals surface area (Å²) in [6.07, 6.45) is -0.0848. The van der Waals surface area contributed by atoms with Gasteiger partial charge in [-0.3, -0.25) is 19.4 Å². The van der Waals surface area contributed by atoms with Crippen molar-refractivity contribution < 1.29 is 55.7 Å². The van der Waals surface area contributed by atoms with Crippen LogP contribution in [-0.2, 0) is 27.4 Å². The fraction of sp³-hybridized carbons (Fsp3) is 0.537. The van der Waals surface area contributed by atoms with E-state index in [1.165, 1.54) is 0 Å². The second-order valence-corrected chi connectivity index (χ2v) is 15.8. The first-order valence-corrected chi connectivity index (χ1v) is 20.0. The number of aromatic hydroxyl groups is 1. The first-order valence-electron chi connectivity index (χ1n) is 19.1. The first kappa shape index (κ1) is 46.0. The Kier molecular flexibility index (Phi) is 16.1. The molecule has 2 N–H and O–H groups in total. The average Bonchev–Trinajstić information content (AvgIpc) is 3.88. The van der Waals surface area contributed by atoms with Gasteiger partial charge in [0.1, 0.15) is 22.1 Å². The Balaban J connectivity index is 0.000000274. The number of carboxylic acids is 1. The third-order valence-electron chi connectivity index (χ3n) is 11.0. The van der Waals surface area contributed by atoms with E-state index in [-0.39, 0.29) is 35.7 Å². The van der Waals surface area contributed by atoms with Crippen molar-refractivity contribution in [3.05, 3.63) is 75.7 Å². The molecule has 58 heavy (non-hydrogen) atoms. The highest BCUT2D eigenvalue weighted by atomic mass is 32.1. The molecule has 17 heteroatoms. The highest BCUT2D eigenvalue weighted by molar-refractivity contribution is 7.10. The van der Waals surface area contributed by atoms with E-state index >= 15 is 0 Å². The molecule has 1 saturated carbocycles. The van der Waals surface area contributed by atoms with Gasteiger partial charge in [0.15, 0.2) is 6.29 Å². The summed E-state index contributed by atoms with van der Waals surface area (Å²) in [7, 11) is 2.14. The van der Waals surface area contributed by atoms with E-state index in [9.17, 15) is 51.1 Å². The second-order valence-electron chi connectivity index (χ2n) is 14.8. The molecule has 0 spiro atoms. The lowest BCUT2D eigenvalue weighted by Crippen LogP contribution is -2.53. The standard InChI is InChI=1S/C29H41N3O4.C7H4F3NO.C5H3F3OS/c1-3-7-25-23(8-6-15-31(25)2)27(33)32-16-13-29(20-30,14-17-32)24-9-4-5-10-26(24)36-19-21-11-12-22(18-21)28(34)35;8-7(9,10)5-2-1-3-11-6(5)4-12;6-5(7,8)4-1-3(9)2-10-4/h4-5,9-10,21-23,25H,3,6-8,11-19H2,1-2H3,(H,34,35);1-4H;1-2,9H. The summed E-state index contributed by atoms with van der Waals surface area (Å²) in [4.78, 5) is 41.8. The molecule has 3 aromatic rings. The number of nitrogens with zero attached hydrogens (tertiary/aromatic N) is 4. The topological polar surface area (TPSA) is 144 Å². The van der Waals surface area contributed by atoms with Crippen LogP contribution in [0.1, 0.15) is 91.2 Å². The molecule has 2 aromatic heterocycles. The number of nitriles is 1. The lowest BCUT2D eigenvalue weighted by Gasteiger charge is -2.43. The number of benzene rings is 1. The number of rotatable bonds is 9. The minimum Gasteiger partial charge on any atom is -0.507 e. The van der Waals surface area contributed by atoms with Crippen molar-refractivity contribution in [3.8, 4) is 17.6 Å². The molecule has 0 radical (unpaired) electrons. The third kappa shape index (κ3) is 11.9. The molecule has 316 valence electrons. The van der Waals surface area contributed by atoms with Gasteiger partial charge in [-0.05, 0) is 89.1 Å². The van der Waals surface area contributed by atoms with Crippen LogP contribution < -0.4 is 4.74 Å². The maximum atomic E-state index is 13.6. The number of ether oxygens (including phenoxy) is 1. The fourth-order valence-electron chi connectivity index (χ4n) is 7.89. The van der Waals surface area contributed by atoms with Crippen molar-refractivity contribution in [2.75, 3.05) is 33.3 Å². The number of para-hydroxylation sites is 1. The minimum atomic E-state index is -4.51. The van der Waals surface area contributed by atoms with E-state index in [2.05, 4.69) is 29.9 Å². The van der Waals surface area contributed by atoms with Crippen molar-refractivity contribution in [2.45, 2.75) is 88.5 Å². The van der Waals surface area contributed by atoms with Gasteiger partial charge in [-0.25, -0.2) is 0 Å². The number of aliphatic carboxylic acids is 1. The lowest BCUT2D eigenvalue weighted by molar-refractivity contribution is -0.142. The summed E-state index contributed by atoms with van der Waals surface area (Å²) in [6.45, 7) is 4.88. The molecule has 4 heterocycles. The normalized spacial score (nSPS) is 22.0. The molecule has 0 bridgehead atoms. The molecule has 2 aliphatic heterocycles. The first-order chi connectivity index (χ1) is 27.4. The van der Waals surface area contributed by atoms with Crippen LogP contribution in [0, 0.1) is 29.1 Å². The van der Waals surface area contributed by atoms with Gasteiger partial charge in [-0.1, -0.05) is 31.5 Å². The third-order valence-corrected chi connectivity index (χ3v) is 12.0. The maximum absolute atomic E-state index is 13.6. The monoisotopic (exact) mass is 838 g/mol. The highest BCUT2D eigenvalue weighted by Gasteiger charge is 2.43. The average molecular weight is 839 g/mol. The zero-order valence-electron chi connectivity index (χ0n) is 32.3. The summed E-state index contributed by atoms with van der Waals surface area (Å²) in [6, 6.07) is 13.3. The number of halogens is 6. The quantitative estimate of drug-likeness (QED) is 0.160. The summed E-state index contributed by atoms with van der Waals surface area (Å²) < 4.78 is 77.4. The minimum absolute atomic E-state index is 0.0509. The van der Waals surface area contributed by atoms with Gasteiger partial charge in [0, 0.05) is 42.3 Å². The molecule has 2 saturated heterocycles. The van der Waals surface area contributed by atoms with E-state index in [1.807, 2.05) is 29.2 Å². The van der Waals surface area contributed by atoms with Crippen LogP contribution in [0.4, 0.5) is 26.3 Å². The Morgan fingerprint density at radius 1 is 1.05 bits per heavy atom. The van der Waals surface area contributed by atoms with Crippen LogP contribution in [0.25, 0.3) is 0 Å². The number of piperidine rings is 2. The Morgan fingerprint density at radius 2 is 1.76 bits per heavy atom. The number of thiophene rings is 1. The Morgan fingerprint density at radius 3 is 2.29 bits per heavy atom. The number of amides is 1. The molecule has 10 nitrogen and oxygen atoms in total. The largest absolute Gasteiger partial charge is 0.507 e. The van der Waals surface area contributed by atoms with Crippen molar-refractivity contribution in [1.29, 1.82) is 5.26 Å². The number of alkyl halides is 6. The zero-order valence-corrected chi connectivity index (χ0v) is 33.1. The van der Waals surface area contributed by atoms with Crippen molar-refractivity contribution in [2.24, 2.45) is 17.8 Å². The van der Waals surface area contributed by atoms with E-state index < -0.39 is 39.9 Å². The van der Waals surface area contributed by atoms with Crippen LogP contribution in [0.15, 0.2) is 54.0 Å². The number of pyridine rings is 1. The number of aldehydes is 1. The van der Waals surface area contributed by atoms with E-state index in [1.54, 1.807) is 0 Å². The molecule has 3 aliphatic rings. The molecule has 1 aromatic carbocycles.